The third-order valence-electron chi connectivity index (χ3n) is 8.92. The van der Waals surface area contributed by atoms with Crippen molar-refractivity contribution < 1.29 is 31.9 Å². The van der Waals surface area contributed by atoms with E-state index in [1.165, 1.54) is 12.5 Å². The van der Waals surface area contributed by atoms with Crippen molar-refractivity contribution in [1.29, 1.82) is 0 Å². The molecule has 3 fully saturated rings. The van der Waals surface area contributed by atoms with Crippen molar-refractivity contribution in [2.75, 3.05) is 24.7 Å². The molecule has 1 saturated heterocycles. The maximum absolute atomic E-state index is 14.1. The van der Waals surface area contributed by atoms with Crippen molar-refractivity contribution in [3.63, 3.8) is 0 Å². The minimum atomic E-state index is -4.31. The Bertz CT molecular complexity index is 1510. The second-order valence-corrected chi connectivity index (χ2v) is 15.4. The minimum Gasteiger partial charge on any atom is -0.477 e. The summed E-state index contributed by atoms with van der Waals surface area (Å²) in [5.74, 6) is 0.693. The quantitative estimate of drug-likeness (QED) is 0.357. The number of amides is 2. The zero-order valence-electron chi connectivity index (χ0n) is 26.7. The molecule has 2 heterocycles. The van der Waals surface area contributed by atoms with Crippen LogP contribution < -0.4 is 19.7 Å². The van der Waals surface area contributed by atoms with Crippen molar-refractivity contribution >= 4 is 27.8 Å². The number of piperidine rings is 1. The third-order valence-corrected chi connectivity index (χ3v) is 10.1. The number of anilines is 1. The van der Waals surface area contributed by atoms with Gasteiger partial charge in [0.1, 0.15) is 23.8 Å². The molecular weight excluding hydrogens is 599 g/mol. The molecule has 0 bridgehead atoms. The maximum Gasteiger partial charge on any atom is 0.408 e. The number of sulfonamides is 1. The smallest absolute Gasteiger partial charge is 0.408 e. The van der Waals surface area contributed by atoms with Crippen molar-refractivity contribution in [3.05, 3.63) is 47.5 Å². The third kappa shape index (κ3) is 7.88. The van der Waals surface area contributed by atoms with Crippen LogP contribution in [0.25, 0.3) is 0 Å². The Morgan fingerprint density at radius 3 is 2.36 bits per heavy atom. The normalized spacial score (nSPS) is 19.8. The lowest BCUT2D eigenvalue weighted by atomic mass is 9.83. The fourth-order valence-electron chi connectivity index (χ4n) is 6.15. The van der Waals surface area contributed by atoms with Gasteiger partial charge in [-0.3, -0.25) is 4.79 Å². The standard InChI is InChI=1S/C33H45FN4O6S/c1-23-13-14-25(24-9-6-5-7-10-24)26(21-23)43-33(15-16-33)29(39)37-45(41,42)28-12-8-11-27(35-28)38-19-17-32(22-34,18-20-38)36-30(40)44-31(2,3)4/h8,11-14,21,24H,5-7,9-10,15-20,22H2,1-4H3,(H,36,40)(H,37,39). The number of alkyl halides is 1. The second kappa shape index (κ2) is 12.8. The summed E-state index contributed by atoms with van der Waals surface area (Å²) in [5, 5.41) is 2.40. The molecule has 2 aliphatic carbocycles. The van der Waals surface area contributed by atoms with Gasteiger partial charge in [0, 0.05) is 25.9 Å². The fourth-order valence-corrected chi connectivity index (χ4v) is 7.16. The summed E-state index contributed by atoms with van der Waals surface area (Å²) in [4.78, 5) is 31.9. The number of hydrogen-bond acceptors (Lipinski definition) is 8. The van der Waals surface area contributed by atoms with E-state index in [1.54, 1.807) is 32.9 Å². The molecule has 45 heavy (non-hydrogen) atoms. The van der Waals surface area contributed by atoms with E-state index < -0.39 is 45.4 Å². The number of rotatable bonds is 9. The van der Waals surface area contributed by atoms with Crippen LogP contribution in [0.2, 0.25) is 0 Å². The van der Waals surface area contributed by atoms with Gasteiger partial charge in [0.25, 0.3) is 15.9 Å². The highest BCUT2D eigenvalue weighted by atomic mass is 32.2. The van der Waals surface area contributed by atoms with Crippen LogP contribution in [0.15, 0.2) is 41.4 Å². The highest BCUT2D eigenvalue weighted by Crippen LogP contribution is 2.45. The number of halogens is 1. The lowest BCUT2D eigenvalue weighted by Gasteiger charge is -2.41. The number of nitrogens with zero attached hydrogens (tertiary/aromatic N) is 2. The molecule has 2 saturated carbocycles. The van der Waals surface area contributed by atoms with E-state index >= 15 is 0 Å². The van der Waals surface area contributed by atoms with Gasteiger partial charge in [-0.2, -0.15) is 8.42 Å². The summed E-state index contributed by atoms with van der Waals surface area (Å²) in [6.45, 7) is 7.09. The predicted octanol–water partition coefficient (Wildman–Crippen LogP) is 5.69. The molecule has 0 unspecified atom stereocenters. The Morgan fingerprint density at radius 2 is 1.73 bits per heavy atom. The molecule has 1 aliphatic heterocycles. The average molecular weight is 645 g/mol. The molecule has 0 atom stereocenters. The van der Waals surface area contributed by atoms with E-state index in [-0.39, 0.29) is 17.9 Å². The Kier molecular flexibility index (Phi) is 9.35. The molecule has 2 amide bonds. The molecular formula is C33H45FN4O6S. The zero-order valence-corrected chi connectivity index (χ0v) is 27.5. The van der Waals surface area contributed by atoms with Gasteiger partial charge in [-0.05, 0) is 88.6 Å². The van der Waals surface area contributed by atoms with Gasteiger partial charge in [0.15, 0.2) is 10.6 Å². The summed E-state index contributed by atoms with van der Waals surface area (Å²) >= 11 is 0. The number of alkyl carbamates (subject to hydrolysis) is 1. The van der Waals surface area contributed by atoms with Crippen LogP contribution >= 0.6 is 0 Å². The van der Waals surface area contributed by atoms with Crippen LogP contribution in [0, 0.1) is 6.92 Å². The van der Waals surface area contributed by atoms with Gasteiger partial charge < -0.3 is 19.7 Å². The van der Waals surface area contributed by atoms with Crippen LogP contribution in [0.1, 0.15) is 95.6 Å². The van der Waals surface area contributed by atoms with Crippen LogP contribution in [0.4, 0.5) is 15.0 Å². The molecule has 1 aromatic carbocycles. The van der Waals surface area contributed by atoms with Gasteiger partial charge in [0.05, 0.1) is 5.54 Å². The van der Waals surface area contributed by atoms with E-state index in [0.29, 0.717) is 43.4 Å². The molecule has 246 valence electrons. The van der Waals surface area contributed by atoms with Crippen molar-refractivity contribution in [1.82, 2.24) is 15.0 Å². The molecule has 0 spiro atoms. The predicted molar refractivity (Wildman–Crippen MR) is 169 cm³/mol. The molecule has 12 heteroatoms. The van der Waals surface area contributed by atoms with Crippen molar-refractivity contribution in [2.45, 2.75) is 113 Å². The molecule has 1 aromatic heterocycles. The Balaban J connectivity index is 1.25. The lowest BCUT2D eigenvalue weighted by Crippen LogP contribution is -2.57. The monoisotopic (exact) mass is 644 g/mol. The summed E-state index contributed by atoms with van der Waals surface area (Å²) in [7, 11) is -4.31. The zero-order chi connectivity index (χ0) is 32.5. The first kappa shape index (κ1) is 33.0. The van der Waals surface area contributed by atoms with Gasteiger partial charge >= 0.3 is 6.09 Å². The molecule has 2 N–H and O–H groups in total. The van der Waals surface area contributed by atoms with E-state index in [0.717, 1.165) is 36.8 Å². The van der Waals surface area contributed by atoms with Crippen LogP contribution in [-0.2, 0) is 19.6 Å². The topological polar surface area (TPSA) is 127 Å². The van der Waals surface area contributed by atoms with Crippen LogP contribution in [-0.4, -0.2) is 61.9 Å². The first-order chi connectivity index (χ1) is 21.2. The Morgan fingerprint density at radius 1 is 1.04 bits per heavy atom. The molecule has 3 aliphatic rings. The Labute approximate surface area is 265 Å². The second-order valence-electron chi connectivity index (χ2n) is 13.8. The number of carbonyl (C=O) groups is 2. The molecule has 5 rings (SSSR count). The summed E-state index contributed by atoms with van der Waals surface area (Å²) in [6.07, 6.45) is 6.39. The number of aromatic nitrogens is 1. The van der Waals surface area contributed by atoms with E-state index in [1.807, 2.05) is 17.9 Å². The van der Waals surface area contributed by atoms with Gasteiger partial charge in [-0.15, -0.1) is 0 Å². The SMILES string of the molecule is Cc1ccc(C2CCCCC2)c(OC2(C(=O)NS(=O)(=O)c3cccc(N4CCC(CF)(NC(=O)OC(C)(C)C)CC4)n3)CC2)c1. The summed E-state index contributed by atoms with van der Waals surface area (Å²) < 4.78 is 54.8. The van der Waals surface area contributed by atoms with Crippen molar-refractivity contribution in [2.24, 2.45) is 0 Å². The number of carbonyl (C=O) groups excluding carboxylic acids is 2. The van der Waals surface area contributed by atoms with E-state index in [9.17, 15) is 22.4 Å². The fraction of sp³-hybridized carbons (Fsp3) is 0.606. The van der Waals surface area contributed by atoms with Crippen LogP contribution in [0.3, 0.4) is 0 Å². The Hall–Kier alpha value is -3.41. The molecule has 10 nitrogen and oxygen atoms in total. The number of aryl methyl sites for hydroxylation is 1. The first-order valence-electron chi connectivity index (χ1n) is 15.9. The highest BCUT2D eigenvalue weighted by molar-refractivity contribution is 7.90. The number of pyridine rings is 1. The van der Waals surface area contributed by atoms with E-state index in [2.05, 4.69) is 27.2 Å². The van der Waals surface area contributed by atoms with Gasteiger partial charge in [-0.25, -0.2) is 18.9 Å². The number of nitrogens with one attached hydrogen (secondary N) is 2. The van der Waals surface area contributed by atoms with Crippen molar-refractivity contribution in [3.8, 4) is 5.75 Å². The average Bonchev–Trinajstić information content (AvgIpc) is 3.78. The van der Waals surface area contributed by atoms with Crippen LogP contribution in [0.5, 0.6) is 5.75 Å². The highest BCUT2D eigenvalue weighted by Gasteiger charge is 2.54. The van der Waals surface area contributed by atoms with E-state index in [4.69, 9.17) is 9.47 Å². The number of ether oxygens (including phenoxy) is 2. The molecule has 2 aromatic rings. The molecule has 0 radical (unpaired) electrons. The largest absolute Gasteiger partial charge is 0.477 e. The summed E-state index contributed by atoms with van der Waals surface area (Å²) in [6, 6.07) is 10.6. The minimum absolute atomic E-state index is 0.278. The van der Waals surface area contributed by atoms with Gasteiger partial charge in [0.2, 0.25) is 0 Å². The lowest BCUT2D eigenvalue weighted by molar-refractivity contribution is -0.128. The number of hydrogen-bond donors (Lipinski definition) is 2. The first-order valence-corrected chi connectivity index (χ1v) is 17.4. The van der Waals surface area contributed by atoms with Gasteiger partial charge in [-0.1, -0.05) is 37.5 Å². The summed E-state index contributed by atoms with van der Waals surface area (Å²) in [5.41, 5.74) is -0.945. The maximum atomic E-state index is 14.1. The number of benzene rings is 1.